The van der Waals surface area contributed by atoms with E-state index in [2.05, 4.69) is 21.2 Å². The Kier molecular flexibility index (Phi) is 5.88. The highest BCUT2D eigenvalue weighted by atomic mass is 19.3. The zero-order chi connectivity index (χ0) is 20.1. The molecule has 1 aromatic heterocycles. The Morgan fingerprint density at radius 1 is 1.21 bits per heavy atom. The Morgan fingerprint density at radius 3 is 2.75 bits per heavy atom. The summed E-state index contributed by atoms with van der Waals surface area (Å²) in [7, 11) is 1.31. The smallest absolute Gasteiger partial charge is 0.387 e. The molecule has 8 heteroatoms. The number of rotatable bonds is 7. The van der Waals surface area contributed by atoms with E-state index in [0.717, 1.165) is 11.1 Å². The molecule has 146 valence electrons. The van der Waals surface area contributed by atoms with E-state index in [9.17, 15) is 13.6 Å². The molecular formula is C20H19F2N3O3. The monoisotopic (exact) mass is 387 g/mol. The number of benzene rings is 2. The van der Waals surface area contributed by atoms with Gasteiger partial charge in [-0.1, -0.05) is 29.8 Å². The fourth-order valence-corrected chi connectivity index (χ4v) is 2.72. The van der Waals surface area contributed by atoms with Crippen LogP contribution in [0.25, 0.3) is 0 Å². The van der Waals surface area contributed by atoms with Crippen molar-refractivity contribution >= 4 is 11.6 Å². The fourth-order valence-electron chi connectivity index (χ4n) is 2.72. The van der Waals surface area contributed by atoms with Crippen molar-refractivity contribution in [3.63, 3.8) is 0 Å². The number of hydrogen-bond acceptors (Lipinski definition) is 4. The SMILES string of the molecule is COc1cc(C(=O)Nc2cnn(Cc3cccc(C)c3)c2)ccc1OC(F)F. The summed E-state index contributed by atoms with van der Waals surface area (Å²) in [5, 5.41) is 6.96. The van der Waals surface area contributed by atoms with Gasteiger partial charge in [-0.15, -0.1) is 0 Å². The zero-order valence-corrected chi connectivity index (χ0v) is 15.4. The number of nitrogens with one attached hydrogen (secondary N) is 1. The van der Waals surface area contributed by atoms with Gasteiger partial charge < -0.3 is 14.8 Å². The van der Waals surface area contributed by atoms with Gasteiger partial charge in [0.2, 0.25) is 0 Å². The molecular weight excluding hydrogens is 368 g/mol. The first-order valence-corrected chi connectivity index (χ1v) is 8.47. The first-order valence-electron chi connectivity index (χ1n) is 8.47. The molecule has 0 spiro atoms. The third-order valence-corrected chi connectivity index (χ3v) is 3.96. The number of halogens is 2. The van der Waals surface area contributed by atoms with Gasteiger partial charge in [0.15, 0.2) is 11.5 Å². The topological polar surface area (TPSA) is 65.4 Å². The summed E-state index contributed by atoms with van der Waals surface area (Å²) in [5.74, 6) is -0.514. The molecule has 6 nitrogen and oxygen atoms in total. The van der Waals surface area contributed by atoms with Crippen LogP contribution in [0.4, 0.5) is 14.5 Å². The molecule has 0 saturated heterocycles. The van der Waals surface area contributed by atoms with E-state index in [4.69, 9.17) is 4.74 Å². The van der Waals surface area contributed by atoms with Crippen molar-refractivity contribution in [2.75, 3.05) is 12.4 Å². The Morgan fingerprint density at radius 2 is 2.04 bits per heavy atom. The molecule has 0 atom stereocenters. The van der Waals surface area contributed by atoms with Crippen LogP contribution < -0.4 is 14.8 Å². The molecule has 1 amide bonds. The van der Waals surface area contributed by atoms with Crippen molar-refractivity contribution in [1.29, 1.82) is 0 Å². The number of methoxy groups -OCH3 is 1. The molecule has 0 aliphatic carbocycles. The zero-order valence-electron chi connectivity index (χ0n) is 15.4. The highest BCUT2D eigenvalue weighted by Crippen LogP contribution is 2.29. The van der Waals surface area contributed by atoms with Gasteiger partial charge in [-0.3, -0.25) is 9.48 Å². The maximum absolute atomic E-state index is 12.4. The van der Waals surface area contributed by atoms with Crippen molar-refractivity contribution in [3.8, 4) is 11.5 Å². The summed E-state index contributed by atoms with van der Waals surface area (Å²) < 4.78 is 35.9. The number of carbonyl (C=O) groups is 1. The minimum absolute atomic E-state index is 0.0445. The maximum Gasteiger partial charge on any atom is 0.387 e. The first-order chi connectivity index (χ1) is 13.4. The van der Waals surface area contributed by atoms with Gasteiger partial charge in [0.25, 0.3) is 5.91 Å². The molecule has 3 rings (SSSR count). The lowest BCUT2D eigenvalue weighted by Crippen LogP contribution is -2.12. The number of anilines is 1. The lowest BCUT2D eigenvalue weighted by Gasteiger charge is -2.11. The van der Waals surface area contributed by atoms with Crippen LogP contribution in [0.5, 0.6) is 11.5 Å². The summed E-state index contributed by atoms with van der Waals surface area (Å²) in [6, 6.07) is 12.0. The molecule has 0 fully saturated rings. The second kappa shape index (κ2) is 8.51. The predicted molar refractivity (Wildman–Crippen MR) is 100 cm³/mol. The number of aryl methyl sites for hydroxylation is 1. The molecule has 0 bridgehead atoms. The summed E-state index contributed by atoms with van der Waals surface area (Å²) in [6.07, 6.45) is 3.25. The van der Waals surface area contributed by atoms with Gasteiger partial charge in [0.1, 0.15) is 0 Å². The van der Waals surface area contributed by atoms with Gasteiger partial charge in [0.05, 0.1) is 25.5 Å². The second-order valence-electron chi connectivity index (χ2n) is 6.11. The Balaban J connectivity index is 1.69. The lowest BCUT2D eigenvalue weighted by atomic mass is 10.1. The van der Waals surface area contributed by atoms with Crippen LogP contribution in [0.2, 0.25) is 0 Å². The molecule has 1 heterocycles. The van der Waals surface area contributed by atoms with Gasteiger partial charge >= 0.3 is 6.61 Å². The normalized spacial score (nSPS) is 10.8. The molecule has 3 aromatic rings. The number of hydrogen-bond donors (Lipinski definition) is 1. The van der Waals surface area contributed by atoms with Crippen LogP contribution in [-0.4, -0.2) is 29.4 Å². The maximum atomic E-state index is 12.4. The summed E-state index contributed by atoms with van der Waals surface area (Å²) in [4.78, 5) is 12.4. The van der Waals surface area contributed by atoms with Crippen molar-refractivity contribution in [2.24, 2.45) is 0 Å². The molecule has 0 aliphatic rings. The quantitative estimate of drug-likeness (QED) is 0.663. The minimum atomic E-state index is -2.98. The van der Waals surface area contributed by atoms with Crippen LogP contribution in [0.1, 0.15) is 21.5 Å². The van der Waals surface area contributed by atoms with Crippen LogP contribution >= 0.6 is 0 Å². The summed E-state index contributed by atoms with van der Waals surface area (Å²) in [5.41, 5.74) is 3.01. The number of carbonyl (C=O) groups excluding carboxylic acids is 1. The van der Waals surface area contributed by atoms with E-state index >= 15 is 0 Å². The highest BCUT2D eigenvalue weighted by molar-refractivity contribution is 6.04. The number of alkyl halides is 2. The number of ether oxygens (including phenoxy) is 2. The average Bonchev–Trinajstić information content (AvgIpc) is 3.08. The molecule has 0 radical (unpaired) electrons. The standard InChI is InChI=1S/C20H19F2N3O3/c1-13-4-3-5-14(8-13)11-25-12-16(10-23-25)24-19(26)15-6-7-17(28-20(21)22)18(9-15)27-2/h3-10,12,20H,11H2,1-2H3,(H,24,26). The highest BCUT2D eigenvalue weighted by Gasteiger charge is 2.15. The molecule has 0 saturated carbocycles. The molecule has 28 heavy (non-hydrogen) atoms. The van der Waals surface area contributed by atoms with Crippen molar-refractivity contribution < 1.29 is 23.0 Å². The van der Waals surface area contributed by atoms with E-state index in [1.54, 1.807) is 17.1 Å². The summed E-state index contributed by atoms with van der Waals surface area (Å²) >= 11 is 0. The van der Waals surface area contributed by atoms with E-state index in [1.807, 2.05) is 25.1 Å². The van der Waals surface area contributed by atoms with Gasteiger partial charge in [0, 0.05) is 11.8 Å². The Bertz CT molecular complexity index is 973. The molecule has 0 unspecified atom stereocenters. The van der Waals surface area contributed by atoms with Crippen LogP contribution in [-0.2, 0) is 6.54 Å². The van der Waals surface area contributed by atoms with E-state index in [-0.39, 0.29) is 17.1 Å². The number of nitrogens with zero attached hydrogens (tertiary/aromatic N) is 2. The number of amides is 1. The predicted octanol–water partition coefficient (Wildman–Crippen LogP) is 4.10. The van der Waals surface area contributed by atoms with Gasteiger partial charge in [-0.25, -0.2) is 0 Å². The molecule has 2 aromatic carbocycles. The molecule has 1 N–H and O–H groups in total. The summed E-state index contributed by atoms with van der Waals surface area (Å²) in [6.45, 7) is -0.386. The Labute approximate surface area is 160 Å². The van der Waals surface area contributed by atoms with Crippen LogP contribution in [0, 0.1) is 6.92 Å². The van der Waals surface area contributed by atoms with Crippen LogP contribution in [0.3, 0.4) is 0 Å². The lowest BCUT2D eigenvalue weighted by molar-refractivity contribution is -0.0512. The third-order valence-electron chi connectivity index (χ3n) is 3.96. The van der Waals surface area contributed by atoms with Crippen molar-refractivity contribution in [2.45, 2.75) is 20.1 Å². The van der Waals surface area contributed by atoms with Gasteiger partial charge in [-0.2, -0.15) is 13.9 Å². The fraction of sp³-hybridized carbons (Fsp3) is 0.200. The minimum Gasteiger partial charge on any atom is -0.493 e. The van der Waals surface area contributed by atoms with Gasteiger partial charge in [-0.05, 0) is 30.7 Å². The van der Waals surface area contributed by atoms with Crippen molar-refractivity contribution in [3.05, 3.63) is 71.5 Å². The van der Waals surface area contributed by atoms with E-state index < -0.39 is 12.5 Å². The third kappa shape index (κ3) is 4.85. The Hall–Kier alpha value is -3.42. The number of aromatic nitrogens is 2. The van der Waals surface area contributed by atoms with Crippen molar-refractivity contribution in [1.82, 2.24) is 9.78 Å². The van der Waals surface area contributed by atoms with Crippen LogP contribution in [0.15, 0.2) is 54.9 Å². The van der Waals surface area contributed by atoms with E-state index in [1.165, 1.54) is 25.3 Å². The second-order valence-corrected chi connectivity index (χ2v) is 6.11. The average molecular weight is 387 g/mol. The molecule has 0 aliphatic heterocycles. The first kappa shape index (κ1) is 19.3. The largest absolute Gasteiger partial charge is 0.493 e. The van der Waals surface area contributed by atoms with E-state index in [0.29, 0.717) is 12.2 Å².